The highest BCUT2D eigenvalue weighted by atomic mass is 79.9. The predicted octanol–water partition coefficient (Wildman–Crippen LogP) is 2.60. The molecule has 1 aromatic carbocycles. The number of pyridine rings is 1. The summed E-state index contributed by atoms with van der Waals surface area (Å²) in [4.78, 5) is 3.74. The molecule has 0 spiro atoms. The van der Waals surface area contributed by atoms with Gasteiger partial charge in [-0.2, -0.15) is 0 Å². The number of sulfone groups is 1. The van der Waals surface area contributed by atoms with Gasteiger partial charge in [-0.05, 0) is 28.1 Å². The van der Waals surface area contributed by atoms with Crippen molar-refractivity contribution in [3.05, 3.63) is 46.4 Å². The molecule has 1 atom stereocenters. The van der Waals surface area contributed by atoms with Crippen LogP contribution >= 0.6 is 15.9 Å². The monoisotopic (exact) mass is 373 g/mol. The van der Waals surface area contributed by atoms with E-state index in [0.717, 1.165) is 12.3 Å². The van der Waals surface area contributed by atoms with Crippen LogP contribution in [0.25, 0.3) is 0 Å². The van der Waals surface area contributed by atoms with Gasteiger partial charge in [0.25, 0.3) is 0 Å². The number of ether oxygens (including phenoxy) is 1. The van der Waals surface area contributed by atoms with E-state index >= 15 is 0 Å². The van der Waals surface area contributed by atoms with Gasteiger partial charge in [-0.15, -0.1) is 0 Å². The third-order valence-electron chi connectivity index (χ3n) is 3.06. The van der Waals surface area contributed by atoms with Crippen molar-refractivity contribution in [2.24, 2.45) is 0 Å². The van der Waals surface area contributed by atoms with Crippen molar-refractivity contribution < 1.29 is 22.7 Å². The molecule has 0 saturated carbocycles. The summed E-state index contributed by atoms with van der Waals surface area (Å²) in [6.07, 6.45) is 1.25. The largest absolute Gasteiger partial charge is 0.454 e. The van der Waals surface area contributed by atoms with Gasteiger partial charge in [-0.1, -0.05) is 0 Å². The van der Waals surface area contributed by atoms with E-state index in [0.29, 0.717) is 4.47 Å². The Hall–Kier alpha value is -1.51. The number of nitrogens with zero attached hydrogens (tertiary/aromatic N) is 1. The van der Waals surface area contributed by atoms with E-state index in [-0.39, 0.29) is 27.7 Å². The maximum atomic E-state index is 13.1. The lowest BCUT2D eigenvalue weighted by Crippen LogP contribution is -2.02. The van der Waals surface area contributed by atoms with E-state index in [1.807, 2.05) is 0 Å². The van der Waals surface area contributed by atoms with Crippen molar-refractivity contribution in [3.63, 3.8) is 0 Å². The first-order chi connectivity index (χ1) is 9.88. The minimum Gasteiger partial charge on any atom is -0.454 e. The van der Waals surface area contributed by atoms with Gasteiger partial charge in [0.05, 0.1) is 33.6 Å². The Labute approximate surface area is 128 Å². The maximum absolute atomic E-state index is 13.1. The number of fused-ring (bicyclic) bond motifs is 1. The summed E-state index contributed by atoms with van der Waals surface area (Å²) in [7, 11) is -3.48. The zero-order valence-electron chi connectivity index (χ0n) is 10.5. The molecule has 2 aromatic rings. The van der Waals surface area contributed by atoms with Crippen molar-refractivity contribution in [3.8, 4) is 11.5 Å². The Bertz CT molecular complexity index is 825. The average Bonchev–Trinajstić information content (AvgIpc) is 2.63. The van der Waals surface area contributed by atoms with Crippen LogP contribution in [0.5, 0.6) is 11.5 Å². The SMILES string of the molecule is O=S1(=O)C[C@H](O)c2c1ccc(Oc1cncc(F)c1)c2Br. The first kappa shape index (κ1) is 14.4. The zero-order valence-corrected chi connectivity index (χ0v) is 12.9. The van der Waals surface area contributed by atoms with Gasteiger partial charge in [0, 0.05) is 11.6 Å². The molecule has 3 rings (SSSR count). The molecule has 0 amide bonds. The molecule has 0 aliphatic carbocycles. The Kier molecular flexibility index (Phi) is 3.46. The van der Waals surface area contributed by atoms with Crippen molar-refractivity contribution in [1.82, 2.24) is 4.98 Å². The number of benzene rings is 1. The summed E-state index contributed by atoms with van der Waals surface area (Å²) < 4.78 is 42.6. The van der Waals surface area contributed by atoms with Crippen molar-refractivity contribution in [1.29, 1.82) is 0 Å². The topological polar surface area (TPSA) is 76.5 Å². The number of hydrogen-bond acceptors (Lipinski definition) is 5. The van der Waals surface area contributed by atoms with E-state index in [1.165, 1.54) is 18.3 Å². The number of aliphatic hydroxyl groups is 1. The molecule has 1 aliphatic rings. The molecule has 1 N–H and O–H groups in total. The van der Waals surface area contributed by atoms with Crippen molar-refractivity contribution >= 4 is 25.8 Å². The number of aromatic nitrogens is 1. The van der Waals surface area contributed by atoms with E-state index in [2.05, 4.69) is 20.9 Å². The smallest absolute Gasteiger partial charge is 0.181 e. The number of halogens is 2. The van der Waals surface area contributed by atoms with Crippen LogP contribution in [0, 0.1) is 5.82 Å². The molecule has 1 aliphatic heterocycles. The van der Waals surface area contributed by atoms with Gasteiger partial charge >= 0.3 is 0 Å². The van der Waals surface area contributed by atoms with Gasteiger partial charge in [-0.25, -0.2) is 12.8 Å². The summed E-state index contributed by atoms with van der Waals surface area (Å²) in [5.41, 5.74) is 0.261. The van der Waals surface area contributed by atoms with E-state index < -0.39 is 21.8 Å². The minimum atomic E-state index is -3.48. The fourth-order valence-electron chi connectivity index (χ4n) is 2.17. The van der Waals surface area contributed by atoms with E-state index in [4.69, 9.17) is 4.74 Å². The highest BCUT2D eigenvalue weighted by Crippen LogP contribution is 2.43. The van der Waals surface area contributed by atoms with Gasteiger partial charge in [0.15, 0.2) is 9.84 Å². The molecule has 0 unspecified atom stereocenters. The van der Waals surface area contributed by atoms with Crippen LogP contribution in [-0.4, -0.2) is 24.3 Å². The first-order valence-electron chi connectivity index (χ1n) is 5.90. The van der Waals surface area contributed by atoms with Gasteiger partial charge in [0.1, 0.15) is 17.3 Å². The molecule has 0 bridgehead atoms. The number of hydrogen-bond donors (Lipinski definition) is 1. The molecule has 1 aromatic heterocycles. The molecule has 5 nitrogen and oxygen atoms in total. The molecule has 21 heavy (non-hydrogen) atoms. The van der Waals surface area contributed by atoms with Crippen molar-refractivity contribution in [2.75, 3.05) is 5.75 Å². The van der Waals surface area contributed by atoms with Crippen LogP contribution in [0.3, 0.4) is 0 Å². The summed E-state index contributed by atoms with van der Waals surface area (Å²) >= 11 is 3.24. The molecule has 0 radical (unpaired) electrons. The summed E-state index contributed by atoms with van der Waals surface area (Å²) in [5.74, 6) is -0.456. The van der Waals surface area contributed by atoms with Gasteiger partial charge in [-0.3, -0.25) is 4.98 Å². The van der Waals surface area contributed by atoms with Crippen LogP contribution in [-0.2, 0) is 9.84 Å². The quantitative estimate of drug-likeness (QED) is 0.875. The van der Waals surface area contributed by atoms with Crippen LogP contribution in [0.1, 0.15) is 11.7 Å². The van der Waals surface area contributed by atoms with Crippen LogP contribution in [0.2, 0.25) is 0 Å². The van der Waals surface area contributed by atoms with E-state index in [1.54, 1.807) is 0 Å². The molecule has 0 fully saturated rings. The highest BCUT2D eigenvalue weighted by molar-refractivity contribution is 9.10. The third kappa shape index (κ3) is 2.54. The Morgan fingerprint density at radius 3 is 2.86 bits per heavy atom. The average molecular weight is 374 g/mol. The summed E-state index contributed by atoms with van der Waals surface area (Å²) in [6.45, 7) is 0. The fourth-order valence-corrected chi connectivity index (χ4v) is 4.60. The lowest BCUT2D eigenvalue weighted by Gasteiger charge is -2.11. The van der Waals surface area contributed by atoms with Crippen LogP contribution < -0.4 is 4.74 Å². The second-order valence-electron chi connectivity index (χ2n) is 4.53. The summed E-state index contributed by atoms with van der Waals surface area (Å²) in [5, 5.41) is 9.90. The number of rotatable bonds is 2. The predicted molar refractivity (Wildman–Crippen MR) is 75.4 cm³/mol. The normalized spacial score (nSPS) is 19.3. The van der Waals surface area contributed by atoms with Crippen LogP contribution in [0.4, 0.5) is 4.39 Å². The minimum absolute atomic E-state index is 0.0755. The lowest BCUT2D eigenvalue weighted by atomic mass is 10.1. The Morgan fingerprint density at radius 2 is 2.14 bits per heavy atom. The highest BCUT2D eigenvalue weighted by Gasteiger charge is 2.36. The second kappa shape index (κ2) is 5.04. The fraction of sp³-hybridized carbons (Fsp3) is 0.154. The second-order valence-corrected chi connectivity index (χ2v) is 7.32. The molecule has 0 saturated heterocycles. The standard InChI is InChI=1S/C13H9BrFNO4S/c14-13-10(20-8-3-7(15)4-16-5-8)1-2-11-12(13)9(17)6-21(11,18)19/h1-5,9,17H,6H2/t9-/m0/s1. The molecular formula is C13H9BrFNO4S. The maximum Gasteiger partial charge on any atom is 0.181 e. The Morgan fingerprint density at radius 1 is 1.38 bits per heavy atom. The molecule has 110 valence electrons. The van der Waals surface area contributed by atoms with Crippen LogP contribution in [0.15, 0.2) is 40.0 Å². The first-order valence-corrected chi connectivity index (χ1v) is 8.34. The molecular weight excluding hydrogens is 365 g/mol. The third-order valence-corrected chi connectivity index (χ3v) is 5.66. The molecule has 8 heteroatoms. The lowest BCUT2D eigenvalue weighted by molar-refractivity contribution is 0.203. The Balaban J connectivity index is 2.05. The summed E-state index contributed by atoms with van der Waals surface area (Å²) in [6, 6.07) is 3.97. The van der Waals surface area contributed by atoms with E-state index in [9.17, 15) is 17.9 Å². The van der Waals surface area contributed by atoms with Gasteiger partial charge in [0.2, 0.25) is 0 Å². The van der Waals surface area contributed by atoms with Crippen molar-refractivity contribution in [2.45, 2.75) is 11.0 Å². The number of aliphatic hydroxyl groups excluding tert-OH is 1. The van der Waals surface area contributed by atoms with Gasteiger partial charge < -0.3 is 9.84 Å². The zero-order chi connectivity index (χ0) is 15.2. The molecule has 2 heterocycles.